The summed E-state index contributed by atoms with van der Waals surface area (Å²) in [6.07, 6.45) is 5.56. The summed E-state index contributed by atoms with van der Waals surface area (Å²) in [5.74, 6) is 0. The Bertz CT molecular complexity index is 121. The Morgan fingerprint density at radius 2 is 2.08 bits per heavy atom. The highest BCUT2D eigenvalue weighted by Crippen LogP contribution is 2.01. The largest absolute Gasteiger partial charge is 0.297 e. The zero-order chi connectivity index (χ0) is 9.40. The Morgan fingerprint density at radius 1 is 1.42 bits per heavy atom. The molecule has 0 rings (SSSR count). The zero-order valence-electron chi connectivity index (χ0n) is 8.39. The van der Waals surface area contributed by atoms with Crippen LogP contribution in [0, 0.1) is 0 Å². The van der Waals surface area contributed by atoms with Crippen LogP contribution in [0.1, 0.15) is 27.2 Å². The van der Waals surface area contributed by atoms with Crippen molar-refractivity contribution in [2.45, 2.75) is 33.2 Å². The summed E-state index contributed by atoms with van der Waals surface area (Å²) >= 11 is 3.45. The smallest absolute Gasteiger partial charge is 0.0165 e. The molecular formula is C10H20BrN. The van der Waals surface area contributed by atoms with Crippen LogP contribution >= 0.6 is 15.9 Å². The van der Waals surface area contributed by atoms with E-state index in [-0.39, 0.29) is 0 Å². The van der Waals surface area contributed by atoms with Crippen LogP contribution in [-0.4, -0.2) is 29.4 Å². The molecule has 0 fully saturated rings. The molecule has 0 atom stereocenters. The van der Waals surface area contributed by atoms with Crippen LogP contribution in [0.5, 0.6) is 0 Å². The molecule has 72 valence electrons. The van der Waals surface area contributed by atoms with Crippen LogP contribution in [0.4, 0.5) is 0 Å². The minimum Gasteiger partial charge on any atom is -0.297 e. The molecule has 0 saturated carbocycles. The first kappa shape index (κ1) is 12.2. The number of alkyl halides is 1. The molecular weight excluding hydrogens is 214 g/mol. The van der Waals surface area contributed by atoms with E-state index in [9.17, 15) is 0 Å². The van der Waals surface area contributed by atoms with E-state index in [0.717, 1.165) is 11.9 Å². The van der Waals surface area contributed by atoms with Gasteiger partial charge in [-0.25, -0.2) is 0 Å². The van der Waals surface area contributed by atoms with E-state index < -0.39 is 0 Å². The van der Waals surface area contributed by atoms with Gasteiger partial charge in [0.25, 0.3) is 0 Å². The van der Waals surface area contributed by atoms with Crippen molar-refractivity contribution in [2.75, 3.05) is 18.4 Å². The standard InChI is InChI=1S/C10H20BrN/c1-4-5-8-12(10(2)3)9-6-7-11/h4-5,10H,6-9H2,1-3H3/b5-4+. The molecule has 0 unspecified atom stereocenters. The molecule has 0 heterocycles. The van der Waals surface area contributed by atoms with Gasteiger partial charge in [-0.3, -0.25) is 4.90 Å². The normalized spacial score (nSPS) is 12.2. The van der Waals surface area contributed by atoms with E-state index in [2.05, 4.69) is 53.8 Å². The minimum atomic E-state index is 0.653. The summed E-state index contributed by atoms with van der Waals surface area (Å²) in [6.45, 7) is 8.84. The van der Waals surface area contributed by atoms with Crippen LogP contribution < -0.4 is 0 Å². The first-order chi connectivity index (χ1) is 5.72. The average molecular weight is 234 g/mol. The van der Waals surface area contributed by atoms with Gasteiger partial charge in [-0.2, -0.15) is 0 Å². The molecule has 0 radical (unpaired) electrons. The zero-order valence-corrected chi connectivity index (χ0v) is 9.97. The number of allylic oxidation sites excluding steroid dienone is 1. The van der Waals surface area contributed by atoms with Crippen molar-refractivity contribution in [1.82, 2.24) is 4.90 Å². The van der Waals surface area contributed by atoms with Crippen molar-refractivity contribution in [1.29, 1.82) is 0 Å². The molecule has 12 heavy (non-hydrogen) atoms. The third kappa shape index (κ3) is 5.78. The fraction of sp³-hybridized carbons (Fsp3) is 0.800. The van der Waals surface area contributed by atoms with Crippen molar-refractivity contribution in [3.8, 4) is 0 Å². The fourth-order valence-corrected chi connectivity index (χ4v) is 1.31. The first-order valence-electron chi connectivity index (χ1n) is 4.63. The number of rotatable bonds is 6. The lowest BCUT2D eigenvalue weighted by Crippen LogP contribution is -2.32. The second-order valence-corrected chi connectivity index (χ2v) is 3.99. The van der Waals surface area contributed by atoms with Crippen LogP contribution in [-0.2, 0) is 0 Å². The number of hydrogen-bond donors (Lipinski definition) is 0. The SMILES string of the molecule is C/C=C/CN(CCCBr)C(C)C. The molecule has 0 aliphatic rings. The maximum atomic E-state index is 3.45. The molecule has 0 amide bonds. The van der Waals surface area contributed by atoms with Crippen LogP contribution in [0.25, 0.3) is 0 Å². The molecule has 0 aromatic rings. The van der Waals surface area contributed by atoms with Gasteiger partial charge in [-0.05, 0) is 33.7 Å². The van der Waals surface area contributed by atoms with Gasteiger partial charge in [-0.15, -0.1) is 0 Å². The minimum absolute atomic E-state index is 0.653. The summed E-state index contributed by atoms with van der Waals surface area (Å²) in [5.41, 5.74) is 0. The quantitative estimate of drug-likeness (QED) is 0.504. The molecule has 0 saturated heterocycles. The predicted molar refractivity (Wildman–Crippen MR) is 59.9 cm³/mol. The van der Waals surface area contributed by atoms with E-state index in [4.69, 9.17) is 0 Å². The van der Waals surface area contributed by atoms with Crippen LogP contribution in [0.2, 0.25) is 0 Å². The van der Waals surface area contributed by atoms with Gasteiger partial charge in [0, 0.05) is 17.9 Å². The van der Waals surface area contributed by atoms with Crippen molar-refractivity contribution >= 4 is 15.9 Å². The first-order valence-corrected chi connectivity index (χ1v) is 5.75. The molecule has 0 bridgehead atoms. The molecule has 1 nitrogen and oxygen atoms in total. The molecule has 0 aromatic heterocycles. The van der Waals surface area contributed by atoms with E-state index in [1.165, 1.54) is 13.0 Å². The Morgan fingerprint density at radius 3 is 2.50 bits per heavy atom. The van der Waals surface area contributed by atoms with Crippen molar-refractivity contribution in [3.05, 3.63) is 12.2 Å². The summed E-state index contributed by atoms with van der Waals surface area (Å²) < 4.78 is 0. The van der Waals surface area contributed by atoms with Gasteiger partial charge in [0.1, 0.15) is 0 Å². The van der Waals surface area contributed by atoms with E-state index in [0.29, 0.717) is 6.04 Å². The second-order valence-electron chi connectivity index (χ2n) is 3.20. The fourth-order valence-electron chi connectivity index (χ4n) is 1.06. The Hall–Kier alpha value is 0.180. The van der Waals surface area contributed by atoms with Crippen molar-refractivity contribution in [3.63, 3.8) is 0 Å². The lowest BCUT2D eigenvalue weighted by Gasteiger charge is -2.24. The topological polar surface area (TPSA) is 3.24 Å². The monoisotopic (exact) mass is 233 g/mol. The van der Waals surface area contributed by atoms with Gasteiger partial charge < -0.3 is 0 Å². The number of nitrogens with zero attached hydrogens (tertiary/aromatic N) is 1. The van der Waals surface area contributed by atoms with Gasteiger partial charge in [0.05, 0.1) is 0 Å². The van der Waals surface area contributed by atoms with Gasteiger partial charge in [0.2, 0.25) is 0 Å². The third-order valence-corrected chi connectivity index (χ3v) is 2.45. The van der Waals surface area contributed by atoms with Gasteiger partial charge in [0.15, 0.2) is 0 Å². The molecule has 2 heteroatoms. The molecule has 0 spiro atoms. The lowest BCUT2D eigenvalue weighted by atomic mass is 10.3. The van der Waals surface area contributed by atoms with E-state index in [1.54, 1.807) is 0 Å². The molecule has 0 aromatic carbocycles. The van der Waals surface area contributed by atoms with E-state index >= 15 is 0 Å². The molecule has 0 aliphatic carbocycles. The highest BCUT2D eigenvalue weighted by molar-refractivity contribution is 9.09. The Balaban J connectivity index is 3.70. The number of hydrogen-bond acceptors (Lipinski definition) is 1. The Kier molecular flexibility index (Phi) is 7.93. The van der Waals surface area contributed by atoms with Gasteiger partial charge in [-0.1, -0.05) is 28.1 Å². The predicted octanol–water partition coefficient (Wildman–Crippen LogP) is 3.06. The van der Waals surface area contributed by atoms with Crippen LogP contribution in [0.3, 0.4) is 0 Å². The summed E-state index contributed by atoms with van der Waals surface area (Å²) in [4.78, 5) is 2.47. The summed E-state index contributed by atoms with van der Waals surface area (Å²) in [7, 11) is 0. The highest BCUT2D eigenvalue weighted by atomic mass is 79.9. The molecule has 0 aliphatic heterocycles. The third-order valence-electron chi connectivity index (χ3n) is 1.88. The lowest BCUT2D eigenvalue weighted by molar-refractivity contribution is 0.247. The average Bonchev–Trinajstić information content (AvgIpc) is 2.04. The Labute approximate surface area is 85.0 Å². The van der Waals surface area contributed by atoms with Gasteiger partial charge >= 0.3 is 0 Å². The number of halogens is 1. The van der Waals surface area contributed by atoms with Crippen LogP contribution in [0.15, 0.2) is 12.2 Å². The highest BCUT2D eigenvalue weighted by Gasteiger charge is 2.05. The van der Waals surface area contributed by atoms with Crippen molar-refractivity contribution < 1.29 is 0 Å². The van der Waals surface area contributed by atoms with Crippen molar-refractivity contribution in [2.24, 2.45) is 0 Å². The molecule has 0 N–H and O–H groups in total. The maximum Gasteiger partial charge on any atom is 0.0165 e. The van der Waals surface area contributed by atoms with E-state index in [1.807, 2.05) is 0 Å². The summed E-state index contributed by atoms with van der Waals surface area (Å²) in [5, 5.41) is 1.10. The summed E-state index contributed by atoms with van der Waals surface area (Å²) in [6, 6.07) is 0.653. The maximum absolute atomic E-state index is 3.45. The second kappa shape index (κ2) is 7.81.